The first-order valence-electron chi connectivity index (χ1n) is 10.7. The van der Waals surface area contributed by atoms with Crippen LogP contribution >= 0.6 is 11.8 Å². The lowest BCUT2D eigenvalue weighted by Gasteiger charge is -2.22. The monoisotopic (exact) mass is 432 g/mol. The number of amides is 1. The average molecular weight is 433 g/mol. The van der Waals surface area contributed by atoms with Crippen LogP contribution in [-0.2, 0) is 4.79 Å². The molecule has 0 unspecified atom stereocenters. The molecular formula is C24H24N4O2S. The Bertz CT molecular complexity index is 1290. The molecule has 4 aromatic rings. The van der Waals surface area contributed by atoms with Crippen LogP contribution in [0.25, 0.3) is 27.6 Å². The number of aromatic amines is 1. The molecule has 2 aromatic heterocycles. The Balaban J connectivity index is 1.52. The predicted molar refractivity (Wildman–Crippen MR) is 125 cm³/mol. The van der Waals surface area contributed by atoms with E-state index in [1.165, 1.54) is 31.0 Å². The van der Waals surface area contributed by atoms with Gasteiger partial charge in [0.25, 0.3) is 5.56 Å². The fourth-order valence-corrected chi connectivity index (χ4v) is 5.11. The molecular weight excluding hydrogens is 408 g/mol. The van der Waals surface area contributed by atoms with Crippen molar-refractivity contribution in [3.63, 3.8) is 0 Å². The van der Waals surface area contributed by atoms with Crippen LogP contribution in [0.4, 0.5) is 0 Å². The van der Waals surface area contributed by atoms with Gasteiger partial charge in [0.1, 0.15) is 11.0 Å². The highest BCUT2D eigenvalue weighted by Gasteiger charge is 2.19. The molecule has 6 nitrogen and oxygen atoms in total. The summed E-state index contributed by atoms with van der Waals surface area (Å²) in [6, 6.07) is 17.5. The van der Waals surface area contributed by atoms with Gasteiger partial charge in [0.05, 0.1) is 11.4 Å². The van der Waals surface area contributed by atoms with Gasteiger partial charge in [0, 0.05) is 16.9 Å². The zero-order valence-corrected chi connectivity index (χ0v) is 18.0. The summed E-state index contributed by atoms with van der Waals surface area (Å²) in [6.07, 6.45) is 5.68. The third kappa shape index (κ3) is 3.97. The van der Waals surface area contributed by atoms with E-state index >= 15 is 0 Å². The maximum absolute atomic E-state index is 13.5. The van der Waals surface area contributed by atoms with Crippen molar-refractivity contribution in [2.24, 2.45) is 0 Å². The zero-order valence-electron chi connectivity index (χ0n) is 17.1. The lowest BCUT2D eigenvalue weighted by Crippen LogP contribution is -2.37. The molecule has 1 saturated carbocycles. The minimum atomic E-state index is -0.164. The largest absolute Gasteiger partial charge is 0.353 e. The van der Waals surface area contributed by atoms with Crippen LogP contribution in [0, 0.1) is 0 Å². The zero-order chi connectivity index (χ0) is 21.2. The van der Waals surface area contributed by atoms with Crippen LogP contribution in [0.1, 0.15) is 32.1 Å². The number of rotatable bonds is 5. The minimum absolute atomic E-state index is 0.00946. The van der Waals surface area contributed by atoms with Gasteiger partial charge in [0.2, 0.25) is 5.91 Å². The number of thioether (sulfide) groups is 1. The van der Waals surface area contributed by atoms with Gasteiger partial charge in [-0.3, -0.25) is 14.2 Å². The van der Waals surface area contributed by atoms with E-state index in [-0.39, 0.29) is 23.3 Å². The number of hydrogen-bond acceptors (Lipinski definition) is 4. The molecule has 1 aliphatic carbocycles. The van der Waals surface area contributed by atoms with Gasteiger partial charge in [-0.25, -0.2) is 4.98 Å². The number of carbonyl (C=O) groups is 1. The number of nitrogens with zero attached hydrogens (tertiary/aromatic N) is 2. The molecule has 0 bridgehead atoms. The quantitative estimate of drug-likeness (QED) is 0.362. The number of para-hydroxylation sites is 2. The first-order chi connectivity index (χ1) is 15.2. The van der Waals surface area contributed by atoms with Crippen LogP contribution in [0.3, 0.4) is 0 Å². The Hall–Kier alpha value is -3.06. The van der Waals surface area contributed by atoms with E-state index in [0.717, 1.165) is 29.4 Å². The van der Waals surface area contributed by atoms with E-state index in [2.05, 4.69) is 10.3 Å². The lowest BCUT2D eigenvalue weighted by atomic mass is 9.95. The molecule has 2 N–H and O–H groups in total. The molecule has 158 valence electrons. The first kappa shape index (κ1) is 19.9. The number of H-pyrrole nitrogens is 1. The number of nitrogens with one attached hydrogen (secondary N) is 2. The molecule has 2 heterocycles. The number of aromatic nitrogens is 3. The van der Waals surface area contributed by atoms with E-state index < -0.39 is 0 Å². The van der Waals surface area contributed by atoms with Crippen LogP contribution in [-0.4, -0.2) is 32.2 Å². The summed E-state index contributed by atoms with van der Waals surface area (Å²) in [5, 5.41) is 4.57. The molecule has 2 aromatic carbocycles. The van der Waals surface area contributed by atoms with Crippen molar-refractivity contribution in [2.75, 3.05) is 5.75 Å². The molecule has 0 aliphatic heterocycles. The summed E-state index contributed by atoms with van der Waals surface area (Å²) in [4.78, 5) is 34.1. The summed E-state index contributed by atoms with van der Waals surface area (Å²) in [5.41, 5.74) is 2.56. The Labute approximate surface area is 184 Å². The average Bonchev–Trinajstić information content (AvgIpc) is 3.18. The summed E-state index contributed by atoms with van der Waals surface area (Å²) < 4.78 is 1.59. The molecule has 5 rings (SSSR count). The van der Waals surface area contributed by atoms with Crippen molar-refractivity contribution in [3.8, 4) is 5.69 Å². The summed E-state index contributed by atoms with van der Waals surface area (Å²) in [5.74, 6) is 0.216. The number of hydrogen-bond donors (Lipinski definition) is 2. The second kappa shape index (κ2) is 8.59. The first-order valence-corrected chi connectivity index (χ1v) is 11.7. The molecule has 0 spiro atoms. The van der Waals surface area contributed by atoms with E-state index in [1.54, 1.807) is 4.57 Å². The van der Waals surface area contributed by atoms with Crippen LogP contribution < -0.4 is 10.9 Å². The van der Waals surface area contributed by atoms with Gasteiger partial charge in [-0.05, 0) is 31.0 Å². The SMILES string of the molecule is O=C(CSc1nc2c([nH]c3ccccc32)c(=O)n1-c1ccccc1)NC1CCCCC1. The fourth-order valence-electron chi connectivity index (χ4n) is 4.29. The molecule has 7 heteroatoms. The Kier molecular flexibility index (Phi) is 5.51. The van der Waals surface area contributed by atoms with Gasteiger partial charge in [-0.2, -0.15) is 0 Å². The van der Waals surface area contributed by atoms with Crippen molar-refractivity contribution < 1.29 is 4.79 Å². The van der Waals surface area contributed by atoms with Crippen molar-refractivity contribution in [3.05, 3.63) is 65.0 Å². The van der Waals surface area contributed by atoms with Gasteiger partial charge >= 0.3 is 0 Å². The third-order valence-electron chi connectivity index (χ3n) is 5.81. The number of carbonyl (C=O) groups excluding carboxylic acids is 1. The van der Waals surface area contributed by atoms with Gasteiger partial charge in [-0.15, -0.1) is 0 Å². The Morgan fingerprint density at radius 1 is 1.06 bits per heavy atom. The fraction of sp³-hybridized carbons (Fsp3) is 0.292. The van der Waals surface area contributed by atoms with Crippen molar-refractivity contribution in [1.82, 2.24) is 19.9 Å². The van der Waals surface area contributed by atoms with Crippen LogP contribution in [0.5, 0.6) is 0 Å². The van der Waals surface area contributed by atoms with Crippen molar-refractivity contribution in [1.29, 1.82) is 0 Å². The topological polar surface area (TPSA) is 79.8 Å². The third-order valence-corrected chi connectivity index (χ3v) is 6.75. The molecule has 31 heavy (non-hydrogen) atoms. The van der Waals surface area contributed by atoms with Gasteiger partial charge in [0.15, 0.2) is 5.16 Å². The normalized spacial score (nSPS) is 14.8. The van der Waals surface area contributed by atoms with Crippen LogP contribution in [0.2, 0.25) is 0 Å². The summed E-state index contributed by atoms with van der Waals surface area (Å²) in [7, 11) is 0. The number of benzene rings is 2. The van der Waals surface area contributed by atoms with Crippen molar-refractivity contribution in [2.45, 2.75) is 43.3 Å². The molecule has 1 amide bonds. The van der Waals surface area contributed by atoms with Gasteiger partial charge < -0.3 is 10.3 Å². The predicted octanol–water partition coefficient (Wildman–Crippen LogP) is 4.41. The molecule has 0 saturated heterocycles. The highest BCUT2D eigenvalue weighted by atomic mass is 32.2. The Morgan fingerprint density at radius 2 is 1.81 bits per heavy atom. The van der Waals surface area contributed by atoms with E-state index in [1.807, 2.05) is 54.6 Å². The van der Waals surface area contributed by atoms with E-state index in [0.29, 0.717) is 16.2 Å². The van der Waals surface area contributed by atoms with Crippen LogP contribution in [0.15, 0.2) is 64.5 Å². The highest BCUT2D eigenvalue weighted by molar-refractivity contribution is 7.99. The second-order valence-electron chi connectivity index (χ2n) is 7.96. The van der Waals surface area contributed by atoms with E-state index in [4.69, 9.17) is 4.98 Å². The maximum atomic E-state index is 13.5. The van der Waals surface area contributed by atoms with E-state index in [9.17, 15) is 9.59 Å². The van der Waals surface area contributed by atoms with Gasteiger partial charge in [-0.1, -0.05) is 67.4 Å². The van der Waals surface area contributed by atoms with Crippen molar-refractivity contribution >= 4 is 39.6 Å². The molecule has 0 radical (unpaired) electrons. The molecule has 1 aliphatic rings. The summed E-state index contributed by atoms with van der Waals surface area (Å²) in [6.45, 7) is 0. The molecule has 0 atom stereocenters. The Morgan fingerprint density at radius 3 is 2.61 bits per heavy atom. The minimum Gasteiger partial charge on any atom is -0.353 e. The number of fused-ring (bicyclic) bond motifs is 3. The standard InChI is InChI=1S/C24H24N4O2S/c29-20(25-16-9-3-1-4-10-16)15-31-24-27-21-18-13-7-8-14-19(18)26-22(21)23(30)28(24)17-11-5-2-6-12-17/h2,5-8,11-14,16,26H,1,3-4,9-10,15H2,(H,25,29). The lowest BCUT2D eigenvalue weighted by molar-refractivity contribution is -0.119. The maximum Gasteiger partial charge on any atom is 0.283 e. The summed E-state index contributed by atoms with van der Waals surface area (Å²) >= 11 is 1.31. The second-order valence-corrected chi connectivity index (χ2v) is 8.90. The smallest absolute Gasteiger partial charge is 0.283 e. The highest BCUT2D eigenvalue weighted by Crippen LogP contribution is 2.26. The molecule has 1 fully saturated rings.